The van der Waals surface area contributed by atoms with Crippen LogP contribution in [0.1, 0.15) is 66.9 Å². The van der Waals surface area contributed by atoms with Crippen molar-refractivity contribution in [2.75, 3.05) is 64.1 Å². The summed E-state index contributed by atoms with van der Waals surface area (Å²) in [7, 11) is 0. The molecule has 12 heteroatoms. The first-order valence-corrected chi connectivity index (χ1v) is 19.7. The van der Waals surface area contributed by atoms with E-state index in [2.05, 4.69) is 32.7 Å². The smallest absolute Gasteiger partial charge is 0.390 e. The zero-order valence-corrected chi connectivity index (χ0v) is 30.8. The van der Waals surface area contributed by atoms with Gasteiger partial charge in [-0.2, -0.15) is 13.2 Å². The number of ether oxygens (including phenoxy) is 3. The topological polar surface area (TPSA) is 63.3 Å². The molecule has 6 atom stereocenters. The fourth-order valence-electron chi connectivity index (χ4n) is 8.61. The minimum absolute atomic E-state index is 0.140. The lowest BCUT2D eigenvalue weighted by molar-refractivity contribution is -0.135. The average molecular weight is 748 g/mol. The first-order valence-electron chi connectivity index (χ1n) is 18.5. The van der Waals surface area contributed by atoms with Crippen molar-refractivity contribution >= 4 is 35.1 Å². The highest BCUT2D eigenvalue weighted by atomic mass is 35.5. The van der Waals surface area contributed by atoms with E-state index in [4.69, 9.17) is 25.8 Å². The number of anilines is 1. The minimum atomic E-state index is -4.35. The van der Waals surface area contributed by atoms with E-state index in [-0.39, 0.29) is 23.4 Å². The summed E-state index contributed by atoms with van der Waals surface area (Å²) in [6.07, 6.45) is 4.13. The van der Waals surface area contributed by atoms with Gasteiger partial charge in [-0.05, 0) is 110 Å². The Morgan fingerprint density at radius 1 is 1.14 bits per heavy atom. The van der Waals surface area contributed by atoms with E-state index in [1.54, 1.807) is 6.07 Å². The summed E-state index contributed by atoms with van der Waals surface area (Å²) in [5.41, 5.74) is 3.53. The highest BCUT2D eigenvalue weighted by molar-refractivity contribution is 7.98. The maximum atomic E-state index is 13.8. The molecule has 7 rings (SSSR count). The summed E-state index contributed by atoms with van der Waals surface area (Å²) < 4.78 is 62.9. The number of rotatable bonds is 5. The second-order valence-corrected chi connectivity index (χ2v) is 16.6. The van der Waals surface area contributed by atoms with Crippen LogP contribution in [0.4, 0.5) is 18.9 Å². The second kappa shape index (κ2) is 15.9. The Morgan fingerprint density at radius 3 is 2.76 bits per heavy atom. The molecule has 5 aliphatic rings. The van der Waals surface area contributed by atoms with Crippen molar-refractivity contribution in [3.8, 4) is 5.75 Å². The van der Waals surface area contributed by atoms with Crippen molar-refractivity contribution in [3.63, 3.8) is 0 Å². The fraction of sp³-hybridized carbons (Fsp3) is 0.615. The lowest BCUT2D eigenvalue weighted by atomic mass is 9.68. The Labute approximate surface area is 308 Å². The molecule has 0 radical (unpaired) electrons. The monoisotopic (exact) mass is 747 g/mol. The summed E-state index contributed by atoms with van der Waals surface area (Å²) in [4.78, 5) is 18.3. The van der Waals surface area contributed by atoms with Gasteiger partial charge in [0, 0.05) is 54.0 Å². The fourth-order valence-corrected chi connectivity index (χ4v) is 9.80. The number of allylic oxidation sites excluding steroid dienone is 1. The Hall–Kier alpha value is -2.44. The number of amides is 1. The van der Waals surface area contributed by atoms with Crippen LogP contribution in [0.2, 0.25) is 5.02 Å². The van der Waals surface area contributed by atoms with E-state index >= 15 is 0 Å². The molecule has 1 N–H and O–H groups in total. The van der Waals surface area contributed by atoms with Crippen LogP contribution in [0, 0.1) is 17.8 Å². The molecule has 2 bridgehead atoms. The van der Waals surface area contributed by atoms with Crippen molar-refractivity contribution in [3.05, 3.63) is 70.3 Å². The first kappa shape index (κ1) is 36.9. The highest BCUT2D eigenvalue weighted by Crippen LogP contribution is 2.47. The van der Waals surface area contributed by atoms with Crippen LogP contribution >= 0.6 is 23.5 Å². The quantitative estimate of drug-likeness (QED) is 0.247. The molecular weight excluding hydrogens is 699 g/mol. The van der Waals surface area contributed by atoms with Gasteiger partial charge in [0.1, 0.15) is 5.75 Å². The zero-order valence-electron chi connectivity index (χ0n) is 29.3. The minimum Gasteiger partial charge on any atom is -0.490 e. The van der Waals surface area contributed by atoms with E-state index in [1.807, 2.05) is 31.2 Å². The molecule has 51 heavy (non-hydrogen) atoms. The summed E-state index contributed by atoms with van der Waals surface area (Å²) in [6.45, 7) is 8.47. The van der Waals surface area contributed by atoms with Crippen LogP contribution < -0.4 is 14.4 Å². The maximum absolute atomic E-state index is 13.8. The number of carbonyl (C=O) groups excluding carboxylic acids is 1. The molecule has 2 aromatic rings. The first-order chi connectivity index (χ1) is 24.6. The lowest BCUT2D eigenvalue weighted by Gasteiger charge is -2.46. The van der Waals surface area contributed by atoms with Crippen LogP contribution in [-0.4, -0.2) is 87.5 Å². The average Bonchev–Trinajstić information content (AvgIpc) is 3.24. The van der Waals surface area contributed by atoms with Gasteiger partial charge in [-0.15, -0.1) is 0 Å². The number of benzene rings is 2. The predicted octanol–water partition coefficient (Wildman–Crippen LogP) is 7.85. The van der Waals surface area contributed by atoms with Crippen molar-refractivity contribution in [2.45, 2.75) is 74.8 Å². The van der Waals surface area contributed by atoms with Gasteiger partial charge < -0.3 is 19.1 Å². The van der Waals surface area contributed by atoms with Crippen molar-refractivity contribution in [1.82, 2.24) is 9.62 Å². The summed E-state index contributed by atoms with van der Waals surface area (Å²) in [6, 6.07) is 11.7. The van der Waals surface area contributed by atoms with Crippen LogP contribution in [-0.2, 0) is 21.3 Å². The molecule has 2 fully saturated rings. The van der Waals surface area contributed by atoms with Gasteiger partial charge in [-0.25, -0.2) is 0 Å². The molecule has 1 saturated carbocycles. The molecule has 3 aliphatic heterocycles. The van der Waals surface area contributed by atoms with Gasteiger partial charge in [0.15, 0.2) is 0 Å². The molecule has 0 unspecified atom stereocenters. The molecule has 1 saturated heterocycles. The number of aryl methyl sites for hydroxylation is 1. The lowest BCUT2D eigenvalue weighted by Crippen LogP contribution is -2.50. The van der Waals surface area contributed by atoms with Crippen LogP contribution in [0.3, 0.4) is 0 Å². The van der Waals surface area contributed by atoms with Gasteiger partial charge in [0.05, 0.1) is 44.6 Å². The molecule has 2 aliphatic carbocycles. The van der Waals surface area contributed by atoms with E-state index in [0.29, 0.717) is 31.1 Å². The van der Waals surface area contributed by atoms with E-state index in [1.165, 1.54) is 11.1 Å². The summed E-state index contributed by atoms with van der Waals surface area (Å²) >= 11 is 7.34. The van der Waals surface area contributed by atoms with E-state index < -0.39 is 23.8 Å². The van der Waals surface area contributed by atoms with Gasteiger partial charge in [0.2, 0.25) is 0 Å². The van der Waals surface area contributed by atoms with Gasteiger partial charge in [-0.1, -0.05) is 36.7 Å². The van der Waals surface area contributed by atoms with Gasteiger partial charge in [0.25, 0.3) is 5.91 Å². The number of alkyl halides is 3. The molecule has 1 spiro atoms. The number of fused-ring (bicyclic) bond motifs is 4. The third-order valence-electron chi connectivity index (χ3n) is 11.7. The number of halogens is 4. The van der Waals surface area contributed by atoms with E-state index in [9.17, 15) is 18.0 Å². The van der Waals surface area contributed by atoms with Gasteiger partial charge in [-0.3, -0.25) is 14.4 Å². The predicted molar refractivity (Wildman–Crippen MR) is 196 cm³/mol. The van der Waals surface area contributed by atoms with E-state index in [0.717, 1.165) is 106 Å². The Kier molecular flexibility index (Phi) is 11.5. The van der Waals surface area contributed by atoms with Crippen LogP contribution in [0.15, 0.2) is 48.6 Å². The van der Waals surface area contributed by atoms with Crippen molar-refractivity contribution in [1.29, 1.82) is 0 Å². The molecule has 2 aromatic carbocycles. The third kappa shape index (κ3) is 8.69. The molecule has 1 amide bonds. The second-order valence-electron chi connectivity index (χ2n) is 15.1. The Morgan fingerprint density at radius 2 is 1.98 bits per heavy atom. The molecular formula is C39H49ClF3N3O4S. The Balaban J connectivity index is 1.21. The van der Waals surface area contributed by atoms with Gasteiger partial charge >= 0.3 is 6.18 Å². The maximum Gasteiger partial charge on any atom is 0.390 e. The molecule has 3 heterocycles. The number of hydrogen-bond acceptors (Lipinski definition) is 7. The number of nitrogens with zero attached hydrogens (tertiary/aromatic N) is 2. The van der Waals surface area contributed by atoms with Crippen molar-refractivity contribution < 1.29 is 32.2 Å². The zero-order chi connectivity index (χ0) is 35.6. The molecule has 0 aromatic heterocycles. The number of hydrogen-bond donors (Lipinski definition) is 1. The largest absolute Gasteiger partial charge is 0.490 e. The van der Waals surface area contributed by atoms with Crippen LogP contribution in [0.25, 0.3) is 0 Å². The number of morpholine rings is 1. The van der Waals surface area contributed by atoms with Crippen molar-refractivity contribution in [2.24, 2.45) is 17.8 Å². The summed E-state index contributed by atoms with van der Waals surface area (Å²) in [5, 5.41) is -0.108. The Bertz CT molecular complexity index is 1570. The third-order valence-corrected chi connectivity index (χ3v) is 13.2. The standard InChI is InChI=1S/C39H49ClF3N3O4S/c1-26-4-2-6-34(49-19-16-45-14-17-48-18-15-45)31-10-7-29(31)23-46-24-38(13-3-5-27-20-30(40)9-11-32(27)38)25-50-35-12-8-28(21-33(35)46)37(47)44-51-36(26)22-39(41,42)43/h2,6,8-9,11-12,20-21,26,29,31,34,36H,3-5,7,10,13-19,22-25H2,1H3,(H,44,47)/b6-2-/t26-,29-,31+,34-,36+,38-/m0/s1. The highest BCUT2D eigenvalue weighted by Gasteiger charge is 2.45. The molecule has 278 valence electrons. The van der Waals surface area contributed by atoms with Crippen LogP contribution in [0.5, 0.6) is 5.75 Å². The SMILES string of the molecule is C[C@H]1C/C=C\[C@H](OCCN2CCOCC2)[C@@H]2CC[C@H]2CN2C[C@@]3(CCCc4cc(Cl)ccc43)COc3ccc(cc32)C(=O)NS[C@@H]1CC(F)(F)F. The summed E-state index contributed by atoms with van der Waals surface area (Å²) in [5.74, 6) is 0.581. The number of nitrogens with one attached hydrogen (secondary N) is 1. The normalized spacial score (nSPS) is 31.0. The number of carbonyl (C=O) groups is 1. The molecule has 7 nitrogen and oxygen atoms in total.